The van der Waals surface area contributed by atoms with Gasteiger partial charge in [-0.25, -0.2) is 8.42 Å². The van der Waals surface area contributed by atoms with Crippen molar-refractivity contribution in [2.45, 2.75) is 57.2 Å². The molecule has 0 aliphatic carbocycles. The van der Waals surface area contributed by atoms with Gasteiger partial charge in [-0.1, -0.05) is 23.7 Å². The van der Waals surface area contributed by atoms with Crippen LogP contribution in [0.15, 0.2) is 29.7 Å². The van der Waals surface area contributed by atoms with Crippen LogP contribution in [0.5, 0.6) is 0 Å². The van der Waals surface area contributed by atoms with Crippen LogP contribution in [0.25, 0.3) is 6.08 Å². The highest BCUT2D eigenvalue weighted by Gasteiger charge is 2.41. The Hall–Kier alpha value is -1.94. The molecule has 3 aliphatic rings. The van der Waals surface area contributed by atoms with Crippen molar-refractivity contribution in [2.75, 3.05) is 32.7 Å². The van der Waals surface area contributed by atoms with Crippen LogP contribution in [-0.2, 0) is 19.6 Å². The smallest absolute Gasteiger partial charge is 0.245 e. The summed E-state index contributed by atoms with van der Waals surface area (Å²) in [5, 5.41) is 1.61. The van der Waals surface area contributed by atoms with E-state index in [1.165, 1.54) is 23.8 Å². The fourth-order valence-electron chi connectivity index (χ4n) is 5.13. The number of amides is 2. The number of nitrogens with one attached hydrogen (secondary N) is 1. The van der Waals surface area contributed by atoms with E-state index in [0.717, 1.165) is 44.4 Å². The predicted molar refractivity (Wildman–Crippen MR) is 133 cm³/mol. The van der Waals surface area contributed by atoms with E-state index in [9.17, 15) is 18.0 Å². The zero-order valence-corrected chi connectivity index (χ0v) is 21.1. The molecule has 3 saturated heterocycles. The maximum Gasteiger partial charge on any atom is 0.245 e. The molecule has 3 atom stereocenters. The molecule has 1 N–H and O–H groups in total. The lowest BCUT2D eigenvalue weighted by Gasteiger charge is -2.33. The Morgan fingerprint density at radius 2 is 1.82 bits per heavy atom. The van der Waals surface area contributed by atoms with E-state index in [0.29, 0.717) is 23.6 Å². The first-order chi connectivity index (χ1) is 16.2. The third kappa shape index (κ3) is 6.00. The summed E-state index contributed by atoms with van der Waals surface area (Å²) in [4.78, 5) is 32.2. The molecule has 186 valence electrons. The van der Waals surface area contributed by atoms with Crippen molar-refractivity contribution in [3.63, 3.8) is 0 Å². The average molecular weight is 509 g/mol. The second-order valence-corrected chi connectivity index (χ2v) is 11.4. The molecule has 10 heteroatoms. The molecule has 1 aromatic rings. The molecular formula is C24H33ClN4O4S. The van der Waals surface area contributed by atoms with E-state index in [1.54, 1.807) is 31.2 Å². The standard InChI is InChI=1S/C24H33ClN4O4S/c1-18(23(30)29-14-4-5-21(29)17-27-12-2-3-13-27)28-15-10-22(24(28)31)26-34(32,33)16-11-19-6-8-20(25)9-7-19/h6-9,11,16,18,21-22,26H,2-5,10,12-15,17H2,1H3/b16-11+. The number of likely N-dealkylation sites (tertiary alicyclic amines) is 3. The Bertz CT molecular complexity index is 1020. The first-order valence-electron chi connectivity index (χ1n) is 12.0. The van der Waals surface area contributed by atoms with Gasteiger partial charge in [0.05, 0.1) is 0 Å². The molecule has 3 heterocycles. The molecule has 0 bridgehead atoms. The van der Waals surface area contributed by atoms with Crippen molar-refractivity contribution in [2.24, 2.45) is 0 Å². The number of nitrogens with zero attached hydrogens (tertiary/aromatic N) is 3. The molecule has 3 fully saturated rings. The minimum absolute atomic E-state index is 0.0406. The lowest BCUT2D eigenvalue weighted by atomic mass is 10.2. The monoisotopic (exact) mass is 508 g/mol. The number of rotatable bonds is 8. The van der Waals surface area contributed by atoms with E-state index in [1.807, 2.05) is 4.90 Å². The predicted octanol–water partition coefficient (Wildman–Crippen LogP) is 2.31. The Balaban J connectivity index is 1.34. The SMILES string of the molecule is CC(C(=O)N1CCCC1CN1CCCC1)N1CCC(NS(=O)(=O)/C=C/c2ccc(Cl)cc2)C1=O. The number of benzene rings is 1. The highest BCUT2D eigenvalue weighted by atomic mass is 35.5. The first kappa shape index (κ1) is 25.2. The molecule has 2 amide bonds. The summed E-state index contributed by atoms with van der Waals surface area (Å²) in [6.07, 6.45) is 6.19. The molecule has 3 unspecified atom stereocenters. The van der Waals surface area contributed by atoms with Crippen molar-refractivity contribution in [3.05, 3.63) is 40.3 Å². The number of hydrogen-bond acceptors (Lipinski definition) is 5. The Morgan fingerprint density at radius 3 is 2.53 bits per heavy atom. The summed E-state index contributed by atoms with van der Waals surface area (Å²) in [5.74, 6) is -0.388. The summed E-state index contributed by atoms with van der Waals surface area (Å²) >= 11 is 5.85. The van der Waals surface area contributed by atoms with Crippen LogP contribution in [0.2, 0.25) is 5.02 Å². The Morgan fingerprint density at radius 1 is 1.12 bits per heavy atom. The van der Waals surface area contributed by atoms with E-state index >= 15 is 0 Å². The van der Waals surface area contributed by atoms with Crippen molar-refractivity contribution in [3.8, 4) is 0 Å². The zero-order chi connectivity index (χ0) is 24.3. The van der Waals surface area contributed by atoms with Crippen molar-refractivity contribution >= 4 is 39.5 Å². The van der Waals surface area contributed by atoms with Gasteiger partial charge >= 0.3 is 0 Å². The van der Waals surface area contributed by atoms with E-state index in [2.05, 4.69) is 9.62 Å². The van der Waals surface area contributed by atoms with Crippen LogP contribution in [0.3, 0.4) is 0 Å². The lowest BCUT2D eigenvalue weighted by molar-refractivity contribution is -0.144. The Labute approximate surface area is 207 Å². The van der Waals surface area contributed by atoms with Gasteiger partial charge in [-0.3, -0.25) is 9.59 Å². The van der Waals surface area contributed by atoms with Gasteiger partial charge in [0, 0.05) is 36.1 Å². The minimum Gasteiger partial charge on any atom is -0.337 e. The molecule has 34 heavy (non-hydrogen) atoms. The van der Waals surface area contributed by atoms with Gasteiger partial charge in [-0.05, 0) is 75.9 Å². The normalized spacial score (nSPS) is 25.1. The fourth-order valence-corrected chi connectivity index (χ4v) is 6.28. The summed E-state index contributed by atoms with van der Waals surface area (Å²) in [7, 11) is -3.83. The third-order valence-corrected chi connectivity index (χ3v) is 8.37. The topological polar surface area (TPSA) is 90.0 Å². The van der Waals surface area contributed by atoms with Crippen LogP contribution in [0.1, 0.15) is 44.6 Å². The quantitative estimate of drug-likeness (QED) is 0.582. The van der Waals surface area contributed by atoms with E-state index in [-0.39, 0.29) is 17.9 Å². The summed E-state index contributed by atoms with van der Waals surface area (Å²) in [6.45, 7) is 5.90. The summed E-state index contributed by atoms with van der Waals surface area (Å²) in [6, 6.07) is 5.49. The van der Waals surface area contributed by atoms with Crippen LogP contribution in [-0.4, -0.2) is 85.8 Å². The van der Waals surface area contributed by atoms with Gasteiger partial charge in [0.2, 0.25) is 21.8 Å². The molecule has 4 rings (SSSR count). The van der Waals surface area contributed by atoms with Crippen molar-refractivity contribution in [1.82, 2.24) is 19.4 Å². The van der Waals surface area contributed by atoms with Gasteiger partial charge in [-0.2, -0.15) is 4.72 Å². The van der Waals surface area contributed by atoms with Crippen LogP contribution in [0.4, 0.5) is 0 Å². The lowest BCUT2D eigenvalue weighted by Crippen LogP contribution is -2.52. The van der Waals surface area contributed by atoms with Gasteiger partial charge in [0.25, 0.3) is 0 Å². The second-order valence-electron chi connectivity index (χ2n) is 9.40. The van der Waals surface area contributed by atoms with Crippen molar-refractivity contribution < 1.29 is 18.0 Å². The van der Waals surface area contributed by atoms with E-state index in [4.69, 9.17) is 11.6 Å². The van der Waals surface area contributed by atoms with Crippen LogP contribution < -0.4 is 4.72 Å². The third-order valence-electron chi connectivity index (χ3n) is 7.01. The summed E-state index contributed by atoms with van der Waals surface area (Å²) in [5.41, 5.74) is 0.683. The van der Waals surface area contributed by atoms with Gasteiger partial charge in [0.15, 0.2) is 0 Å². The Kier molecular flexibility index (Phi) is 7.97. The van der Waals surface area contributed by atoms with Gasteiger partial charge in [-0.15, -0.1) is 0 Å². The molecule has 0 radical (unpaired) electrons. The number of carbonyl (C=O) groups excluding carboxylic acids is 2. The average Bonchev–Trinajstić information content (AvgIpc) is 3.56. The van der Waals surface area contributed by atoms with Crippen LogP contribution in [0, 0.1) is 0 Å². The molecule has 0 aromatic heterocycles. The second kappa shape index (κ2) is 10.8. The number of hydrogen-bond donors (Lipinski definition) is 1. The van der Waals surface area contributed by atoms with Crippen molar-refractivity contribution in [1.29, 1.82) is 0 Å². The van der Waals surface area contributed by atoms with Gasteiger partial charge < -0.3 is 14.7 Å². The number of sulfonamides is 1. The highest BCUT2D eigenvalue weighted by molar-refractivity contribution is 7.92. The maximum absolute atomic E-state index is 13.3. The maximum atomic E-state index is 13.3. The number of halogens is 1. The number of carbonyl (C=O) groups is 2. The van der Waals surface area contributed by atoms with Gasteiger partial charge in [0.1, 0.15) is 12.1 Å². The molecule has 1 aromatic carbocycles. The molecule has 0 saturated carbocycles. The molecule has 3 aliphatic heterocycles. The van der Waals surface area contributed by atoms with E-state index < -0.39 is 22.1 Å². The minimum atomic E-state index is -3.83. The highest BCUT2D eigenvalue weighted by Crippen LogP contribution is 2.24. The largest absolute Gasteiger partial charge is 0.337 e. The fraction of sp³-hybridized carbons (Fsp3) is 0.583. The molecule has 0 spiro atoms. The van der Waals surface area contributed by atoms with Crippen LogP contribution >= 0.6 is 11.6 Å². The summed E-state index contributed by atoms with van der Waals surface area (Å²) < 4.78 is 27.5. The first-order valence-corrected chi connectivity index (χ1v) is 14.0. The zero-order valence-electron chi connectivity index (χ0n) is 19.5. The molecular weight excluding hydrogens is 476 g/mol. The molecule has 8 nitrogen and oxygen atoms in total.